The van der Waals surface area contributed by atoms with Crippen molar-refractivity contribution in [1.82, 2.24) is 0 Å². The summed E-state index contributed by atoms with van der Waals surface area (Å²) in [7, 11) is 3.10. The summed E-state index contributed by atoms with van der Waals surface area (Å²) in [5, 5.41) is 0.611. The van der Waals surface area contributed by atoms with Gasteiger partial charge in [0.05, 0.1) is 14.2 Å². The van der Waals surface area contributed by atoms with Gasteiger partial charge in [-0.15, -0.1) is 0 Å². The molecule has 0 unspecified atom stereocenters. The molecule has 0 aromatic heterocycles. The van der Waals surface area contributed by atoms with Crippen molar-refractivity contribution in [2.75, 3.05) is 20.8 Å². The fraction of sp³-hybridized carbons (Fsp3) is 0.143. The zero-order chi connectivity index (χ0) is 19.7. The van der Waals surface area contributed by atoms with Gasteiger partial charge in [0, 0.05) is 22.2 Å². The van der Waals surface area contributed by atoms with E-state index in [-0.39, 0.29) is 11.6 Å². The summed E-state index contributed by atoms with van der Waals surface area (Å²) in [6.07, 6.45) is 3.56. The molecule has 4 rings (SSSR count). The van der Waals surface area contributed by atoms with Crippen LogP contribution in [0, 0.1) is 0 Å². The van der Waals surface area contributed by atoms with Crippen LogP contribution in [0.1, 0.15) is 11.1 Å². The Morgan fingerprint density at radius 2 is 1.86 bits per heavy atom. The van der Waals surface area contributed by atoms with Crippen LogP contribution in [0.2, 0.25) is 5.02 Å². The van der Waals surface area contributed by atoms with E-state index in [1.165, 1.54) is 0 Å². The van der Waals surface area contributed by atoms with Crippen LogP contribution in [0.4, 0.5) is 0 Å². The molecule has 28 heavy (non-hydrogen) atoms. The number of benzene rings is 2. The molecule has 0 amide bonds. The number of nitrogens with zero attached hydrogens (tertiary/aromatic N) is 1. The number of aliphatic imine (C=N–C) groups is 1. The van der Waals surface area contributed by atoms with Gasteiger partial charge < -0.3 is 18.9 Å². The van der Waals surface area contributed by atoms with Gasteiger partial charge in [-0.05, 0) is 48.1 Å². The van der Waals surface area contributed by atoms with Crippen LogP contribution in [-0.4, -0.2) is 32.7 Å². The van der Waals surface area contributed by atoms with Crippen LogP contribution in [0.5, 0.6) is 17.2 Å². The fourth-order valence-corrected chi connectivity index (χ4v) is 3.07. The normalized spacial score (nSPS) is 16.7. The molecule has 0 spiro atoms. The van der Waals surface area contributed by atoms with Crippen molar-refractivity contribution in [2.45, 2.75) is 0 Å². The Balaban J connectivity index is 1.66. The van der Waals surface area contributed by atoms with Crippen LogP contribution < -0.4 is 14.2 Å². The highest BCUT2D eigenvalue weighted by Crippen LogP contribution is 2.31. The predicted octanol–water partition coefficient (Wildman–Crippen LogP) is 4.02. The van der Waals surface area contributed by atoms with Crippen LogP contribution in [0.3, 0.4) is 0 Å². The first-order valence-electron chi connectivity index (χ1n) is 8.44. The summed E-state index contributed by atoms with van der Waals surface area (Å²) < 4.78 is 21.5. The van der Waals surface area contributed by atoms with Gasteiger partial charge in [-0.1, -0.05) is 11.6 Å². The second-order valence-electron chi connectivity index (χ2n) is 6.13. The monoisotopic (exact) mass is 397 g/mol. The molecule has 0 fully saturated rings. The van der Waals surface area contributed by atoms with Crippen LogP contribution in [0.25, 0.3) is 6.08 Å². The largest absolute Gasteiger partial charge is 0.497 e. The number of rotatable bonds is 4. The minimum atomic E-state index is -0.533. The SMILES string of the molecule is COc1cc(OC)cc(C2=N/C(=C/C3=Cc4cc(Cl)ccc4OC3)C(=O)O2)c1. The molecular formula is C21H16ClNO5. The van der Waals surface area contributed by atoms with E-state index < -0.39 is 5.97 Å². The lowest BCUT2D eigenvalue weighted by Crippen LogP contribution is -2.08. The summed E-state index contributed by atoms with van der Waals surface area (Å²) in [5.41, 5.74) is 2.41. The van der Waals surface area contributed by atoms with E-state index >= 15 is 0 Å². The van der Waals surface area contributed by atoms with Gasteiger partial charge in [0.2, 0.25) is 5.90 Å². The molecule has 0 saturated heterocycles. The smallest absolute Gasteiger partial charge is 0.363 e. The standard InChI is InChI=1S/C21H16ClNO5/c1-25-16-8-14(9-17(10-16)26-2)20-23-18(21(24)28-20)6-12-5-13-7-15(22)3-4-19(13)27-11-12/h3-10H,11H2,1-2H3/b18-6+. The number of carbonyl (C=O) groups excluding carboxylic acids is 1. The highest BCUT2D eigenvalue weighted by atomic mass is 35.5. The van der Waals surface area contributed by atoms with Crippen molar-refractivity contribution in [3.8, 4) is 17.2 Å². The lowest BCUT2D eigenvalue weighted by atomic mass is 10.1. The Bertz CT molecular complexity index is 1030. The summed E-state index contributed by atoms with van der Waals surface area (Å²) in [5.74, 6) is 1.54. The molecule has 6 nitrogen and oxygen atoms in total. The van der Waals surface area contributed by atoms with Gasteiger partial charge in [0.15, 0.2) is 5.70 Å². The zero-order valence-electron chi connectivity index (χ0n) is 15.2. The van der Waals surface area contributed by atoms with Crippen LogP contribution in [0.15, 0.2) is 58.7 Å². The molecule has 0 bridgehead atoms. The van der Waals surface area contributed by atoms with E-state index in [1.54, 1.807) is 50.6 Å². The predicted molar refractivity (Wildman–Crippen MR) is 105 cm³/mol. The van der Waals surface area contributed by atoms with Crippen molar-refractivity contribution < 1.29 is 23.7 Å². The van der Waals surface area contributed by atoms with E-state index in [2.05, 4.69) is 4.99 Å². The minimum absolute atomic E-state index is 0.189. The first kappa shape index (κ1) is 18.1. The molecule has 2 aromatic rings. The summed E-state index contributed by atoms with van der Waals surface area (Å²) in [4.78, 5) is 16.6. The minimum Gasteiger partial charge on any atom is -0.497 e. The Labute approximate surface area is 166 Å². The maximum Gasteiger partial charge on any atom is 0.363 e. The van der Waals surface area contributed by atoms with Crippen molar-refractivity contribution in [3.63, 3.8) is 0 Å². The third-order valence-electron chi connectivity index (χ3n) is 4.25. The highest BCUT2D eigenvalue weighted by Gasteiger charge is 2.26. The number of carbonyl (C=O) groups is 1. The Hall–Kier alpha value is -3.25. The number of methoxy groups -OCH3 is 2. The summed E-state index contributed by atoms with van der Waals surface area (Å²) in [6.45, 7) is 0.323. The first-order chi connectivity index (χ1) is 13.6. The second-order valence-corrected chi connectivity index (χ2v) is 6.56. The van der Waals surface area contributed by atoms with Crippen molar-refractivity contribution in [1.29, 1.82) is 0 Å². The molecule has 7 heteroatoms. The van der Waals surface area contributed by atoms with Gasteiger partial charge >= 0.3 is 5.97 Å². The third-order valence-corrected chi connectivity index (χ3v) is 4.48. The lowest BCUT2D eigenvalue weighted by Gasteiger charge is -2.16. The molecule has 142 valence electrons. The quantitative estimate of drug-likeness (QED) is 0.575. The molecule has 0 aliphatic carbocycles. The average molecular weight is 398 g/mol. The molecule has 2 heterocycles. The molecule has 0 radical (unpaired) electrons. The van der Waals surface area contributed by atoms with E-state index in [1.807, 2.05) is 12.1 Å². The van der Waals surface area contributed by atoms with E-state index in [4.69, 9.17) is 30.5 Å². The molecule has 0 atom stereocenters. The molecule has 2 aliphatic heterocycles. The number of halogens is 1. The number of hydrogen-bond acceptors (Lipinski definition) is 6. The topological polar surface area (TPSA) is 66.3 Å². The number of ether oxygens (including phenoxy) is 4. The Morgan fingerprint density at radius 3 is 2.57 bits per heavy atom. The lowest BCUT2D eigenvalue weighted by molar-refractivity contribution is -0.130. The van der Waals surface area contributed by atoms with Gasteiger partial charge in [-0.3, -0.25) is 0 Å². The molecule has 2 aromatic carbocycles. The second kappa shape index (κ2) is 7.40. The fourth-order valence-electron chi connectivity index (χ4n) is 2.89. The van der Waals surface area contributed by atoms with Gasteiger partial charge in [-0.25, -0.2) is 9.79 Å². The number of cyclic esters (lactones) is 1. The number of fused-ring (bicyclic) bond motifs is 1. The Morgan fingerprint density at radius 1 is 1.11 bits per heavy atom. The zero-order valence-corrected chi connectivity index (χ0v) is 15.9. The molecule has 0 N–H and O–H groups in total. The van der Waals surface area contributed by atoms with Crippen LogP contribution >= 0.6 is 11.6 Å². The molecule has 2 aliphatic rings. The Kier molecular flexibility index (Phi) is 4.79. The van der Waals surface area contributed by atoms with Gasteiger partial charge in [0.25, 0.3) is 0 Å². The van der Waals surface area contributed by atoms with Gasteiger partial charge in [0.1, 0.15) is 23.9 Å². The van der Waals surface area contributed by atoms with Crippen molar-refractivity contribution in [3.05, 3.63) is 69.9 Å². The maximum atomic E-state index is 12.3. The number of esters is 1. The average Bonchev–Trinajstić information content (AvgIpc) is 3.07. The van der Waals surface area contributed by atoms with Crippen LogP contribution in [-0.2, 0) is 9.53 Å². The van der Waals surface area contributed by atoms with Crippen molar-refractivity contribution >= 4 is 29.5 Å². The number of hydrogen-bond donors (Lipinski definition) is 0. The van der Waals surface area contributed by atoms with E-state index in [0.717, 1.165) is 16.9 Å². The molecule has 0 saturated carbocycles. The summed E-state index contributed by atoms with van der Waals surface area (Å²) in [6, 6.07) is 10.6. The summed E-state index contributed by atoms with van der Waals surface area (Å²) >= 11 is 6.04. The highest BCUT2D eigenvalue weighted by molar-refractivity contribution is 6.30. The maximum absolute atomic E-state index is 12.3. The molecular weight excluding hydrogens is 382 g/mol. The van der Waals surface area contributed by atoms with E-state index in [0.29, 0.717) is 28.7 Å². The van der Waals surface area contributed by atoms with E-state index in [9.17, 15) is 4.79 Å². The third kappa shape index (κ3) is 3.59. The van der Waals surface area contributed by atoms with Crippen molar-refractivity contribution in [2.24, 2.45) is 4.99 Å². The van der Waals surface area contributed by atoms with Gasteiger partial charge in [-0.2, -0.15) is 0 Å². The first-order valence-corrected chi connectivity index (χ1v) is 8.82.